The molecule has 4 aliphatic rings. The van der Waals surface area contributed by atoms with E-state index in [-0.39, 0.29) is 54.2 Å². The molecule has 4 aliphatic heterocycles. The minimum atomic E-state index is -1.01. The van der Waals surface area contributed by atoms with E-state index in [1.165, 1.54) is 12.4 Å². The molecule has 7 heterocycles. The molecule has 0 saturated carbocycles. The number of rotatable bonds is 10. The predicted octanol–water partition coefficient (Wildman–Crippen LogP) is 5.92. The van der Waals surface area contributed by atoms with Gasteiger partial charge in [0.05, 0.1) is 33.2 Å². The summed E-state index contributed by atoms with van der Waals surface area (Å²) >= 11 is 12.7. The number of carbonyl (C=O) groups is 6. The Balaban J connectivity index is 0.735. The normalized spacial score (nSPS) is 19.3. The van der Waals surface area contributed by atoms with Crippen LogP contribution in [-0.2, 0) is 19.2 Å². The Morgan fingerprint density at radius 2 is 1.62 bits per heavy atom. The van der Waals surface area contributed by atoms with E-state index in [0.717, 1.165) is 39.8 Å². The number of nitrogens with zero attached hydrogens (tertiary/aromatic N) is 6. The summed E-state index contributed by atoms with van der Waals surface area (Å²) in [6, 6.07) is 13.5. The number of nitrogens with one attached hydrogen (secondary N) is 3. The van der Waals surface area contributed by atoms with Gasteiger partial charge < -0.3 is 15.0 Å². The summed E-state index contributed by atoms with van der Waals surface area (Å²) < 4.78 is 6.20. The first-order valence-corrected chi connectivity index (χ1v) is 21.7. The highest BCUT2D eigenvalue weighted by atomic mass is 35.5. The van der Waals surface area contributed by atoms with Crippen molar-refractivity contribution in [2.24, 2.45) is 5.92 Å². The molecule has 9 rings (SSSR count). The number of amides is 6. The molecule has 6 amide bonds. The fourth-order valence-electron chi connectivity index (χ4n) is 9.04. The summed E-state index contributed by atoms with van der Waals surface area (Å²) in [5.41, 5.74) is 4.36. The highest BCUT2D eigenvalue weighted by Crippen LogP contribution is 2.36. The number of pyridine rings is 2. The molecule has 3 fully saturated rings. The zero-order valence-electron chi connectivity index (χ0n) is 34.2. The Bertz CT molecular complexity index is 2640. The van der Waals surface area contributed by atoms with Crippen LogP contribution in [-0.4, -0.2) is 109 Å². The van der Waals surface area contributed by atoms with Gasteiger partial charge in [0.2, 0.25) is 23.6 Å². The van der Waals surface area contributed by atoms with E-state index in [9.17, 15) is 28.8 Å². The number of imide groups is 2. The Hall–Kier alpha value is -6.23. The standard InChI is InChI=1S/C45H43Cl2N9O7/c1-24(40-33(46)21-48-22-34(40)47)63-29-4-6-35-32(19-29)41(53-52-35)28-3-8-37(49-20-28)50-42(59)26-12-16-55(17-13-26)39(58)23-54-14-10-25(11-15-54)27-2-5-30-31(18-27)45(62)56(44(30)61)36-7-9-38(57)51-43(36)60/h2-6,8,18-22,24-26,36H,7,9-17,23H2,1H3,(H,52,53)(H,49,50,59)(H,51,57,60)/t24-,36?/m1/s1. The monoisotopic (exact) mass is 891 g/mol. The molecule has 3 aromatic heterocycles. The van der Waals surface area contributed by atoms with Crippen molar-refractivity contribution in [3.05, 3.63) is 99.4 Å². The summed E-state index contributed by atoms with van der Waals surface area (Å²) in [6.45, 7) is 4.49. The van der Waals surface area contributed by atoms with E-state index in [1.54, 1.807) is 24.4 Å². The molecule has 0 radical (unpaired) electrons. The van der Waals surface area contributed by atoms with Crippen LogP contribution < -0.4 is 15.4 Å². The number of anilines is 1. The first-order valence-electron chi connectivity index (χ1n) is 21.0. The number of likely N-dealkylation sites (tertiary alicyclic amines) is 2. The molecule has 18 heteroatoms. The van der Waals surface area contributed by atoms with Crippen LogP contribution in [0.1, 0.15) is 89.3 Å². The zero-order chi connectivity index (χ0) is 43.9. The van der Waals surface area contributed by atoms with Gasteiger partial charge in [0, 0.05) is 60.5 Å². The average Bonchev–Trinajstić information content (AvgIpc) is 3.81. The van der Waals surface area contributed by atoms with E-state index in [1.807, 2.05) is 42.2 Å². The number of fused-ring (bicyclic) bond motifs is 2. The van der Waals surface area contributed by atoms with E-state index in [2.05, 4.69) is 35.7 Å². The maximum Gasteiger partial charge on any atom is 0.262 e. The van der Waals surface area contributed by atoms with Crippen molar-refractivity contribution in [2.75, 3.05) is 38.0 Å². The number of carbonyl (C=O) groups excluding carboxylic acids is 6. The van der Waals surface area contributed by atoms with Crippen LogP contribution in [0.2, 0.25) is 10.0 Å². The quantitative estimate of drug-likeness (QED) is 0.141. The smallest absolute Gasteiger partial charge is 0.262 e. The zero-order valence-corrected chi connectivity index (χ0v) is 35.7. The van der Waals surface area contributed by atoms with Gasteiger partial charge in [-0.05, 0) is 106 Å². The summed E-state index contributed by atoms with van der Waals surface area (Å²) in [7, 11) is 0. The fraction of sp³-hybridized carbons (Fsp3) is 0.356. The summed E-state index contributed by atoms with van der Waals surface area (Å²) in [5.74, 6) is -1.30. The molecular formula is C45H43Cl2N9O7. The number of aromatic nitrogens is 4. The summed E-state index contributed by atoms with van der Waals surface area (Å²) in [6.07, 6.45) is 7.09. The second kappa shape index (κ2) is 17.5. The van der Waals surface area contributed by atoms with Crippen molar-refractivity contribution in [1.29, 1.82) is 0 Å². The molecule has 0 bridgehead atoms. The lowest BCUT2D eigenvalue weighted by atomic mass is 9.88. The van der Waals surface area contributed by atoms with Crippen LogP contribution in [0.25, 0.3) is 22.2 Å². The van der Waals surface area contributed by atoms with Gasteiger partial charge in [0.1, 0.15) is 29.4 Å². The van der Waals surface area contributed by atoms with Gasteiger partial charge >= 0.3 is 0 Å². The number of hydrogen-bond donors (Lipinski definition) is 3. The molecule has 3 N–H and O–H groups in total. The Morgan fingerprint density at radius 3 is 2.33 bits per heavy atom. The summed E-state index contributed by atoms with van der Waals surface area (Å²) in [5, 5.41) is 14.4. The van der Waals surface area contributed by atoms with Crippen LogP contribution in [0.4, 0.5) is 5.82 Å². The third-order valence-corrected chi connectivity index (χ3v) is 13.1. The number of piperidine rings is 3. The largest absolute Gasteiger partial charge is 0.486 e. The van der Waals surface area contributed by atoms with Gasteiger partial charge in [-0.15, -0.1) is 0 Å². The van der Waals surface area contributed by atoms with Crippen LogP contribution in [0.15, 0.2) is 67.1 Å². The third kappa shape index (κ3) is 8.50. The van der Waals surface area contributed by atoms with Crippen molar-refractivity contribution in [2.45, 2.75) is 63.5 Å². The lowest BCUT2D eigenvalue weighted by Crippen LogP contribution is -2.54. The van der Waals surface area contributed by atoms with Crippen molar-refractivity contribution in [3.8, 4) is 17.0 Å². The molecule has 0 aliphatic carbocycles. The maximum atomic E-state index is 13.4. The average molecular weight is 893 g/mol. The SMILES string of the molecule is C[C@@H](Oc1ccc2[nH]nc(-c3ccc(NC(=O)C4CCN(C(=O)CN5CCC(c6ccc7c(c6)C(=O)N(C6CCC(=O)NC6=O)C7=O)CC5)CC4)nc3)c2c1)c1c(Cl)cncc1Cl. The van der Waals surface area contributed by atoms with Crippen LogP contribution >= 0.6 is 23.2 Å². The van der Waals surface area contributed by atoms with E-state index in [4.69, 9.17) is 27.9 Å². The molecule has 16 nitrogen and oxygen atoms in total. The van der Waals surface area contributed by atoms with E-state index in [0.29, 0.717) is 71.9 Å². The fourth-order valence-corrected chi connectivity index (χ4v) is 9.72. The van der Waals surface area contributed by atoms with Gasteiger partial charge in [-0.1, -0.05) is 29.3 Å². The number of halogens is 2. The van der Waals surface area contributed by atoms with E-state index >= 15 is 0 Å². The Labute approximate surface area is 371 Å². The molecule has 324 valence electrons. The van der Waals surface area contributed by atoms with Gasteiger partial charge in [-0.25, -0.2) is 4.98 Å². The molecule has 1 unspecified atom stereocenters. The third-order valence-electron chi connectivity index (χ3n) is 12.5. The van der Waals surface area contributed by atoms with Gasteiger partial charge in [-0.3, -0.25) is 54.0 Å². The van der Waals surface area contributed by atoms with Crippen molar-refractivity contribution in [3.63, 3.8) is 0 Å². The molecular weight excluding hydrogens is 849 g/mol. The number of aromatic amines is 1. The molecule has 2 atom stereocenters. The van der Waals surface area contributed by atoms with Crippen LogP contribution in [0.3, 0.4) is 0 Å². The highest BCUT2D eigenvalue weighted by Gasteiger charge is 2.45. The Morgan fingerprint density at radius 1 is 0.873 bits per heavy atom. The minimum Gasteiger partial charge on any atom is -0.486 e. The second-order valence-corrected chi connectivity index (χ2v) is 17.2. The number of H-pyrrole nitrogens is 1. The second-order valence-electron chi connectivity index (χ2n) is 16.4. The van der Waals surface area contributed by atoms with Gasteiger partial charge in [-0.2, -0.15) is 5.10 Å². The highest BCUT2D eigenvalue weighted by molar-refractivity contribution is 6.35. The minimum absolute atomic E-state index is 0.0290. The lowest BCUT2D eigenvalue weighted by Gasteiger charge is -2.35. The van der Waals surface area contributed by atoms with Crippen LogP contribution in [0, 0.1) is 5.92 Å². The number of ether oxygens (including phenoxy) is 1. The molecule has 0 spiro atoms. The Kier molecular flexibility index (Phi) is 11.7. The number of benzene rings is 2. The predicted molar refractivity (Wildman–Crippen MR) is 232 cm³/mol. The van der Waals surface area contributed by atoms with Crippen molar-refractivity contribution < 1.29 is 33.5 Å². The van der Waals surface area contributed by atoms with E-state index < -0.39 is 35.8 Å². The topological polar surface area (TPSA) is 200 Å². The summed E-state index contributed by atoms with van der Waals surface area (Å²) in [4.78, 5) is 90.7. The van der Waals surface area contributed by atoms with Gasteiger partial charge in [0.25, 0.3) is 11.8 Å². The first kappa shape index (κ1) is 42.1. The van der Waals surface area contributed by atoms with Crippen LogP contribution in [0.5, 0.6) is 5.75 Å². The van der Waals surface area contributed by atoms with Crippen molar-refractivity contribution >= 4 is 75.4 Å². The lowest BCUT2D eigenvalue weighted by molar-refractivity contribution is -0.136. The first-order chi connectivity index (χ1) is 30.4. The molecule has 2 aromatic carbocycles. The molecule has 5 aromatic rings. The van der Waals surface area contributed by atoms with Gasteiger partial charge in [0.15, 0.2) is 0 Å². The maximum absolute atomic E-state index is 13.4. The molecule has 63 heavy (non-hydrogen) atoms. The molecule has 3 saturated heterocycles. The number of hydrogen-bond acceptors (Lipinski definition) is 11. The van der Waals surface area contributed by atoms with Crippen molar-refractivity contribution in [1.82, 2.24) is 40.2 Å².